The van der Waals surface area contributed by atoms with E-state index in [0.717, 1.165) is 0 Å². The van der Waals surface area contributed by atoms with E-state index in [-0.39, 0.29) is 5.91 Å². The van der Waals surface area contributed by atoms with Crippen molar-refractivity contribution in [1.82, 2.24) is 20.6 Å². The first-order valence-corrected chi connectivity index (χ1v) is 4.69. The van der Waals surface area contributed by atoms with Crippen molar-refractivity contribution in [2.24, 2.45) is 5.10 Å². The van der Waals surface area contributed by atoms with E-state index in [0.29, 0.717) is 11.5 Å². The van der Waals surface area contributed by atoms with Gasteiger partial charge in [0.1, 0.15) is 5.69 Å². The highest BCUT2D eigenvalue weighted by atomic mass is 16.2. The van der Waals surface area contributed by atoms with Crippen LogP contribution in [0, 0.1) is 0 Å². The predicted molar refractivity (Wildman–Crippen MR) is 58.7 cm³/mol. The van der Waals surface area contributed by atoms with Crippen LogP contribution in [0.25, 0.3) is 0 Å². The molecule has 1 aliphatic rings. The first-order chi connectivity index (χ1) is 7.72. The van der Waals surface area contributed by atoms with Crippen LogP contribution in [0.2, 0.25) is 0 Å². The lowest BCUT2D eigenvalue weighted by Crippen LogP contribution is -2.46. The van der Waals surface area contributed by atoms with Crippen LogP contribution in [0.3, 0.4) is 0 Å². The summed E-state index contributed by atoms with van der Waals surface area (Å²) in [4.78, 5) is 15.5. The van der Waals surface area contributed by atoms with Crippen LogP contribution in [-0.2, 0) is 4.79 Å². The number of hydrogen-bond acceptors (Lipinski definition) is 5. The fourth-order valence-corrected chi connectivity index (χ4v) is 1.28. The van der Waals surface area contributed by atoms with Gasteiger partial charge in [0.2, 0.25) is 0 Å². The molecule has 1 aromatic rings. The Morgan fingerprint density at radius 2 is 2.38 bits per heavy atom. The highest BCUT2D eigenvalue weighted by Gasteiger charge is 2.24. The second-order valence-corrected chi connectivity index (χ2v) is 3.12. The first kappa shape index (κ1) is 10.2. The van der Waals surface area contributed by atoms with E-state index in [1.54, 1.807) is 13.2 Å². The van der Waals surface area contributed by atoms with E-state index in [4.69, 9.17) is 0 Å². The number of carbonyl (C=O) groups excluding carboxylic acids is 1. The van der Waals surface area contributed by atoms with E-state index in [1.165, 1.54) is 16.3 Å². The van der Waals surface area contributed by atoms with Gasteiger partial charge in [-0.05, 0) is 18.2 Å². The minimum absolute atomic E-state index is 0.280. The topological polar surface area (TPSA) is 60.8 Å². The maximum absolute atomic E-state index is 11.4. The molecular weight excluding hydrogens is 206 g/mol. The molecule has 6 heteroatoms. The number of hydrogen-bond donors (Lipinski definition) is 1. The molecule has 0 radical (unpaired) electrons. The van der Waals surface area contributed by atoms with Gasteiger partial charge in [0.25, 0.3) is 5.91 Å². The van der Waals surface area contributed by atoms with E-state index in [1.807, 2.05) is 18.2 Å². The molecule has 0 atom stereocenters. The van der Waals surface area contributed by atoms with Crippen LogP contribution in [-0.4, -0.2) is 34.0 Å². The summed E-state index contributed by atoms with van der Waals surface area (Å²) < 4.78 is 0. The van der Waals surface area contributed by atoms with Gasteiger partial charge in [-0.15, -0.1) is 10.2 Å². The van der Waals surface area contributed by atoms with Crippen LogP contribution < -0.4 is 5.43 Å². The molecule has 2 rings (SSSR count). The Kier molecular flexibility index (Phi) is 2.55. The number of pyridine rings is 1. The summed E-state index contributed by atoms with van der Waals surface area (Å²) in [6, 6.07) is 5.47. The van der Waals surface area contributed by atoms with Gasteiger partial charge >= 0.3 is 0 Å². The molecule has 1 aromatic heterocycles. The number of nitrogens with zero attached hydrogens (tertiary/aromatic N) is 4. The zero-order valence-corrected chi connectivity index (χ0v) is 8.79. The Labute approximate surface area is 92.8 Å². The molecule has 0 saturated heterocycles. The third kappa shape index (κ3) is 1.72. The van der Waals surface area contributed by atoms with E-state index in [2.05, 4.69) is 22.1 Å². The number of nitrogens with one attached hydrogen (secondary N) is 1. The van der Waals surface area contributed by atoms with Crippen LogP contribution in [0.1, 0.15) is 5.69 Å². The molecule has 0 aromatic carbocycles. The SMILES string of the molecule is C=CC(=O)N1NC(c2ccccn2)=NN1C. The standard InChI is InChI=1S/C10H11N5O/c1-3-9(16)15-13-10(12-14(15)2)8-6-4-5-7-11-8/h3-7H,1H2,2H3,(H,12,13). The molecule has 0 saturated carbocycles. The molecule has 82 valence electrons. The smallest absolute Gasteiger partial charge is 0.266 e. The molecule has 16 heavy (non-hydrogen) atoms. The molecule has 0 aliphatic carbocycles. The molecule has 1 aliphatic heterocycles. The molecule has 0 spiro atoms. The average Bonchev–Trinajstić information content (AvgIpc) is 2.71. The number of aromatic nitrogens is 1. The van der Waals surface area contributed by atoms with Gasteiger partial charge in [0, 0.05) is 13.2 Å². The minimum atomic E-state index is -0.280. The second kappa shape index (κ2) is 4.01. The Hall–Kier alpha value is -2.37. The van der Waals surface area contributed by atoms with Crippen LogP contribution in [0.15, 0.2) is 42.2 Å². The van der Waals surface area contributed by atoms with Crippen molar-refractivity contribution in [1.29, 1.82) is 0 Å². The van der Waals surface area contributed by atoms with Crippen LogP contribution in [0.4, 0.5) is 0 Å². The van der Waals surface area contributed by atoms with Gasteiger partial charge in [0.05, 0.1) is 0 Å². The summed E-state index contributed by atoms with van der Waals surface area (Å²) in [5.41, 5.74) is 3.51. The summed E-state index contributed by atoms with van der Waals surface area (Å²) >= 11 is 0. The lowest BCUT2D eigenvalue weighted by Gasteiger charge is -2.20. The van der Waals surface area contributed by atoms with Crippen molar-refractivity contribution in [2.75, 3.05) is 7.05 Å². The minimum Gasteiger partial charge on any atom is -0.266 e. The number of rotatable bonds is 2. The summed E-state index contributed by atoms with van der Waals surface area (Å²) in [7, 11) is 1.66. The Balaban J connectivity index is 2.20. The normalized spacial score (nSPS) is 14.4. The summed E-state index contributed by atoms with van der Waals surface area (Å²) in [6.45, 7) is 3.41. The van der Waals surface area contributed by atoms with Gasteiger partial charge in [-0.3, -0.25) is 15.2 Å². The lowest BCUT2D eigenvalue weighted by molar-refractivity contribution is -0.142. The summed E-state index contributed by atoms with van der Waals surface area (Å²) in [5.74, 6) is 0.246. The van der Waals surface area contributed by atoms with E-state index in [9.17, 15) is 4.79 Å². The molecule has 2 heterocycles. The third-order valence-electron chi connectivity index (χ3n) is 2.04. The number of hydrazone groups is 1. The molecule has 0 fully saturated rings. The molecule has 0 bridgehead atoms. The van der Waals surface area contributed by atoms with E-state index < -0.39 is 0 Å². The summed E-state index contributed by atoms with van der Waals surface area (Å²) in [5, 5.41) is 6.79. The quantitative estimate of drug-likeness (QED) is 0.715. The fourth-order valence-electron chi connectivity index (χ4n) is 1.28. The predicted octanol–water partition coefficient (Wildman–Crippen LogP) is 0.123. The van der Waals surface area contributed by atoms with Crippen molar-refractivity contribution in [2.45, 2.75) is 0 Å². The number of amidine groups is 1. The van der Waals surface area contributed by atoms with Crippen molar-refractivity contribution < 1.29 is 4.79 Å². The van der Waals surface area contributed by atoms with Gasteiger partial charge < -0.3 is 0 Å². The second-order valence-electron chi connectivity index (χ2n) is 3.12. The van der Waals surface area contributed by atoms with E-state index >= 15 is 0 Å². The molecule has 6 nitrogen and oxygen atoms in total. The van der Waals surface area contributed by atoms with Crippen LogP contribution >= 0.6 is 0 Å². The van der Waals surface area contributed by atoms with Gasteiger partial charge in [-0.1, -0.05) is 12.6 Å². The van der Waals surface area contributed by atoms with Gasteiger partial charge in [0.15, 0.2) is 5.84 Å². The Morgan fingerprint density at radius 3 is 3.00 bits per heavy atom. The van der Waals surface area contributed by atoms with Crippen molar-refractivity contribution in [3.05, 3.63) is 42.7 Å². The van der Waals surface area contributed by atoms with Crippen molar-refractivity contribution in [3.8, 4) is 0 Å². The van der Waals surface area contributed by atoms with Gasteiger partial charge in [-0.25, -0.2) is 0 Å². The highest BCUT2D eigenvalue weighted by molar-refractivity contribution is 5.99. The number of carbonyl (C=O) groups is 1. The fraction of sp³-hybridized carbons (Fsp3) is 0.100. The third-order valence-corrected chi connectivity index (χ3v) is 2.04. The highest BCUT2D eigenvalue weighted by Crippen LogP contribution is 2.06. The first-order valence-electron chi connectivity index (χ1n) is 4.69. The largest absolute Gasteiger partial charge is 0.285 e. The van der Waals surface area contributed by atoms with Crippen molar-refractivity contribution >= 4 is 11.7 Å². The maximum Gasteiger partial charge on any atom is 0.285 e. The molecular formula is C10H11N5O. The Bertz CT molecular complexity index is 442. The molecule has 0 unspecified atom stereocenters. The zero-order valence-electron chi connectivity index (χ0n) is 8.79. The van der Waals surface area contributed by atoms with Gasteiger partial charge in [-0.2, -0.15) is 5.12 Å². The molecule has 1 amide bonds. The average molecular weight is 217 g/mol. The zero-order chi connectivity index (χ0) is 11.5. The number of amides is 1. The Morgan fingerprint density at radius 1 is 1.56 bits per heavy atom. The monoisotopic (exact) mass is 217 g/mol. The lowest BCUT2D eigenvalue weighted by atomic mass is 10.3. The maximum atomic E-state index is 11.4. The van der Waals surface area contributed by atoms with Crippen LogP contribution in [0.5, 0.6) is 0 Å². The molecule has 1 N–H and O–H groups in total. The summed E-state index contributed by atoms with van der Waals surface area (Å²) in [6.07, 6.45) is 2.87. The number of hydrazine groups is 2. The van der Waals surface area contributed by atoms with Crippen molar-refractivity contribution in [3.63, 3.8) is 0 Å².